The molecule has 2 N–H and O–H groups in total. The topological polar surface area (TPSA) is 105 Å². The summed E-state index contributed by atoms with van der Waals surface area (Å²) in [5.41, 5.74) is -0.723. The van der Waals surface area contributed by atoms with E-state index in [0.29, 0.717) is 10.3 Å². The van der Waals surface area contributed by atoms with Crippen LogP contribution in [0.15, 0.2) is 42.5 Å². The number of carbonyl (C=O) groups is 2. The van der Waals surface area contributed by atoms with Crippen LogP contribution in [0.1, 0.15) is 28.7 Å². The lowest BCUT2D eigenvalue weighted by Crippen LogP contribution is -2.41. The summed E-state index contributed by atoms with van der Waals surface area (Å²) >= 11 is 0.825. The van der Waals surface area contributed by atoms with Crippen molar-refractivity contribution in [2.45, 2.75) is 30.3 Å². The van der Waals surface area contributed by atoms with Gasteiger partial charge in [0.15, 0.2) is 15.1 Å². The van der Waals surface area contributed by atoms with Crippen LogP contribution in [-0.2, 0) is 25.6 Å². The van der Waals surface area contributed by atoms with Gasteiger partial charge in [0.05, 0.1) is 22.3 Å². The van der Waals surface area contributed by atoms with Gasteiger partial charge in [-0.3, -0.25) is 9.59 Å². The predicted molar refractivity (Wildman–Crippen MR) is 122 cm³/mol. The highest BCUT2D eigenvalue weighted by Gasteiger charge is 2.37. The molecule has 1 fully saturated rings. The van der Waals surface area contributed by atoms with Gasteiger partial charge in [0.2, 0.25) is 11.8 Å². The molecule has 0 saturated heterocycles. The summed E-state index contributed by atoms with van der Waals surface area (Å²) in [6.45, 7) is -0.414. The van der Waals surface area contributed by atoms with Crippen LogP contribution in [0.4, 0.5) is 13.2 Å². The van der Waals surface area contributed by atoms with Gasteiger partial charge in [0.1, 0.15) is 5.01 Å². The Bertz CT molecular complexity index is 1350. The Morgan fingerprint density at radius 1 is 1.18 bits per heavy atom. The van der Waals surface area contributed by atoms with Crippen molar-refractivity contribution >= 4 is 43.2 Å². The van der Waals surface area contributed by atoms with E-state index in [1.165, 1.54) is 18.2 Å². The Kier molecular flexibility index (Phi) is 6.38. The fourth-order valence-electron chi connectivity index (χ4n) is 3.45. The molecule has 12 heteroatoms. The standard InChI is InChI=1S/C22H20F3N3O4S2/c1-34(31,32)19(20(30)26-11-18(29)27-13-7-8-13)21-28-16-10-15(22(23,24)25)14(9-17(16)33-21)12-5-3-2-4-6-12/h2-6,9-10,13,19H,7-8,11H2,1H3,(H,26,30)(H,27,29). The van der Waals surface area contributed by atoms with Crippen LogP contribution in [0.5, 0.6) is 0 Å². The van der Waals surface area contributed by atoms with Crippen LogP contribution in [0.25, 0.3) is 21.3 Å². The number of amides is 2. The number of hydrogen-bond acceptors (Lipinski definition) is 6. The fraction of sp³-hybridized carbons (Fsp3) is 0.318. The van der Waals surface area contributed by atoms with E-state index < -0.39 is 45.2 Å². The van der Waals surface area contributed by atoms with Gasteiger partial charge >= 0.3 is 6.18 Å². The lowest BCUT2D eigenvalue weighted by Gasteiger charge is -2.13. The SMILES string of the molecule is CS(=O)(=O)C(C(=O)NCC(=O)NC1CC1)c1nc2cc(C(F)(F)F)c(-c3ccccc3)cc2s1. The first-order valence-electron chi connectivity index (χ1n) is 10.3. The zero-order chi connectivity index (χ0) is 24.7. The number of rotatable bonds is 7. The number of hydrogen-bond donors (Lipinski definition) is 2. The second-order valence-corrected chi connectivity index (χ2v) is 11.2. The molecule has 4 rings (SSSR count). The number of sulfone groups is 1. The number of benzene rings is 2. The number of carbonyl (C=O) groups excluding carboxylic acids is 2. The third-order valence-electron chi connectivity index (χ3n) is 5.19. The van der Waals surface area contributed by atoms with E-state index in [-0.39, 0.29) is 22.1 Å². The molecule has 1 aromatic heterocycles. The second-order valence-electron chi connectivity index (χ2n) is 8.05. The van der Waals surface area contributed by atoms with E-state index in [1.54, 1.807) is 18.2 Å². The maximum Gasteiger partial charge on any atom is 0.417 e. The number of alkyl halides is 3. The number of halogens is 3. The van der Waals surface area contributed by atoms with Crippen LogP contribution < -0.4 is 10.6 Å². The largest absolute Gasteiger partial charge is 0.417 e. The molecule has 1 unspecified atom stereocenters. The van der Waals surface area contributed by atoms with Crippen molar-refractivity contribution < 1.29 is 31.2 Å². The molecule has 0 aliphatic heterocycles. The summed E-state index contributed by atoms with van der Waals surface area (Å²) in [5, 5.41) is 3.04. The van der Waals surface area contributed by atoms with Crippen LogP contribution in [0.2, 0.25) is 0 Å². The van der Waals surface area contributed by atoms with Gasteiger partial charge in [-0.05, 0) is 36.1 Å². The Morgan fingerprint density at radius 2 is 1.85 bits per heavy atom. The zero-order valence-electron chi connectivity index (χ0n) is 17.8. The zero-order valence-corrected chi connectivity index (χ0v) is 19.5. The number of nitrogens with one attached hydrogen (secondary N) is 2. The molecule has 7 nitrogen and oxygen atoms in total. The van der Waals surface area contributed by atoms with Gasteiger partial charge < -0.3 is 10.6 Å². The lowest BCUT2D eigenvalue weighted by molar-refractivity contribution is -0.137. The third-order valence-corrected chi connectivity index (χ3v) is 7.72. The molecule has 2 amide bonds. The Hall–Kier alpha value is -2.99. The average Bonchev–Trinajstić information content (AvgIpc) is 3.46. The van der Waals surface area contributed by atoms with Crippen molar-refractivity contribution in [1.82, 2.24) is 15.6 Å². The molecule has 1 heterocycles. The molecule has 3 aromatic rings. The minimum absolute atomic E-state index is 0.0695. The average molecular weight is 512 g/mol. The first-order chi connectivity index (χ1) is 15.9. The van der Waals surface area contributed by atoms with E-state index in [0.717, 1.165) is 36.5 Å². The monoisotopic (exact) mass is 511 g/mol. The van der Waals surface area contributed by atoms with E-state index in [4.69, 9.17) is 0 Å². The minimum Gasteiger partial charge on any atom is -0.352 e. The van der Waals surface area contributed by atoms with Gasteiger partial charge in [0, 0.05) is 12.3 Å². The van der Waals surface area contributed by atoms with Gasteiger partial charge in [-0.15, -0.1) is 11.3 Å². The molecule has 34 heavy (non-hydrogen) atoms. The normalized spacial score (nSPS) is 15.2. The van der Waals surface area contributed by atoms with E-state index >= 15 is 0 Å². The van der Waals surface area contributed by atoms with Crippen molar-refractivity contribution in [3.8, 4) is 11.1 Å². The molecule has 1 aliphatic rings. The molecule has 1 aliphatic carbocycles. The molecule has 2 aromatic carbocycles. The van der Waals surface area contributed by atoms with Crippen LogP contribution >= 0.6 is 11.3 Å². The minimum atomic E-state index is -4.67. The van der Waals surface area contributed by atoms with Crippen LogP contribution in [-0.4, -0.2) is 44.1 Å². The fourth-order valence-corrected chi connectivity index (χ4v) is 5.98. The lowest BCUT2D eigenvalue weighted by atomic mass is 9.99. The van der Waals surface area contributed by atoms with Crippen LogP contribution in [0, 0.1) is 0 Å². The molecule has 1 saturated carbocycles. The van der Waals surface area contributed by atoms with Gasteiger partial charge in [-0.1, -0.05) is 30.3 Å². The van der Waals surface area contributed by atoms with Gasteiger partial charge in [-0.2, -0.15) is 13.2 Å². The molecular weight excluding hydrogens is 491 g/mol. The molecule has 0 bridgehead atoms. The summed E-state index contributed by atoms with van der Waals surface area (Å²) in [6.07, 6.45) is -2.14. The van der Waals surface area contributed by atoms with Gasteiger partial charge in [0.25, 0.3) is 0 Å². The first kappa shape index (κ1) is 24.1. The quantitative estimate of drug-likeness (QED) is 0.506. The van der Waals surface area contributed by atoms with Crippen molar-refractivity contribution in [3.63, 3.8) is 0 Å². The molecule has 0 spiro atoms. The molecular formula is C22H20F3N3O4S2. The van der Waals surface area contributed by atoms with E-state index in [1.807, 2.05) is 0 Å². The van der Waals surface area contributed by atoms with Crippen molar-refractivity contribution in [2.75, 3.05) is 12.8 Å². The summed E-state index contributed by atoms with van der Waals surface area (Å²) in [4.78, 5) is 28.6. The summed E-state index contributed by atoms with van der Waals surface area (Å²) in [7, 11) is -4.04. The number of aromatic nitrogens is 1. The van der Waals surface area contributed by atoms with Crippen LogP contribution in [0.3, 0.4) is 0 Å². The Balaban J connectivity index is 1.71. The Labute approximate surface area is 197 Å². The van der Waals surface area contributed by atoms with E-state index in [9.17, 15) is 31.2 Å². The second kappa shape index (κ2) is 8.99. The van der Waals surface area contributed by atoms with Crippen molar-refractivity contribution in [3.05, 3.63) is 53.0 Å². The van der Waals surface area contributed by atoms with Gasteiger partial charge in [-0.25, -0.2) is 13.4 Å². The van der Waals surface area contributed by atoms with Crippen molar-refractivity contribution in [1.29, 1.82) is 0 Å². The molecule has 0 radical (unpaired) electrons. The number of nitrogens with zero attached hydrogens (tertiary/aromatic N) is 1. The van der Waals surface area contributed by atoms with Crippen molar-refractivity contribution in [2.24, 2.45) is 0 Å². The smallest absolute Gasteiger partial charge is 0.352 e. The highest BCUT2D eigenvalue weighted by atomic mass is 32.2. The summed E-state index contributed by atoms with van der Waals surface area (Å²) in [5.74, 6) is -1.42. The van der Waals surface area contributed by atoms with E-state index in [2.05, 4.69) is 15.6 Å². The Morgan fingerprint density at radius 3 is 2.44 bits per heavy atom. The molecule has 180 valence electrons. The predicted octanol–water partition coefficient (Wildman–Crippen LogP) is 3.46. The maximum absolute atomic E-state index is 13.8. The third kappa shape index (κ3) is 5.39. The maximum atomic E-state index is 13.8. The highest BCUT2D eigenvalue weighted by Crippen LogP contribution is 2.41. The molecule has 1 atom stereocenters. The first-order valence-corrected chi connectivity index (χ1v) is 13.0. The summed E-state index contributed by atoms with van der Waals surface area (Å²) in [6, 6.07) is 10.2. The summed E-state index contributed by atoms with van der Waals surface area (Å²) < 4.78 is 66.5. The number of thiazole rings is 1. The number of fused-ring (bicyclic) bond motifs is 1. The highest BCUT2D eigenvalue weighted by molar-refractivity contribution is 7.91.